The number of ether oxygens (including phenoxy) is 1. The van der Waals surface area contributed by atoms with Crippen LogP contribution in [0.4, 0.5) is 4.39 Å². The van der Waals surface area contributed by atoms with Gasteiger partial charge in [-0.2, -0.15) is 0 Å². The molecular weight excluding hydrogens is 381 g/mol. The van der Waals surface area contributed by atoms with E-state index in [1.54, 1.807) is 18.2 Å². The van der Waals surface area contributed by atoms with Gasteiger partial charge in [-0.3, -0.25) is 4.79 Å². The molecule has 0 bridgehead atoms. The van der Waals surface area contributed by atoms with Gasteiger partial charge < -0.3 is 10.1 Å². The highest BCUT2D eigenvalue weighted by molar-refractivity contribution is 5.93. The molecule has 0 atom stereocenters. The van der Waals surface area contributed by atoms with Crippen LogP contribution in [0.5, 0.6) is 0 Å². The van der Waals surface area contributed by atoms with Gasteiger partial charge in [0.05, 0.1) is 18.3 Å². The Morgan fingerprint density at radius 1 is 1.07 bits per heavy atom. The number of methoxy groups -OCH3 is 1. The van der Waals surface area contributed by atoms with Gasteiger partial charge in [-0.15, -0.1) is 12.4 Å². The Labute approximate surface area is 168 Å². The first-order chi connectivity index (χ1) is 13.2. The summed E-state index contributed by atoms with van der Waals surface area (Å²) in [6.07, 6.45) is 1.07. The number of piperidine rings is 1. The van der Waals surface area contributed by atoms with Gasteiger partial charge in [-0.05, 0) is 44.1 Å². The SMILES string of the molecule is COC(=O)C1(c2nc(-c3ccccc3F)c3ccccc3n2)CCNCC1.Cl. The van der Waals surface area contributed by atoms with Gasteiger partial charge in [-0.1, -0.05) is 30.3 Å². The Bertz CT molecular complexity index is 1010. The smallest absolute Gasteiger partial charge is 0.319 e. The first kappa shape index (κ1) is 20.2. The zero-order chi connectivity index (χ0) is 18.9. The standard InChI is InChI=1S/C21H20FN3O2.ClH/c1-27-20(26)21(10-12-23-13-11-21)19-24-17-9-5-3-7-15(17)18(25-19)14-6-2-4-8-16(14)22;/h2-9,23H,10-13H2,1H3;1H. The zero-order valence-electron chi connectivity index (χ0n) is 15.4. The van der Waals surface area contributed by atoms with Crippen LogP contribution in [-0.2, 0) is 14.9 Å². The Kier molecular flexibility index (Phi) is 5.91. The molecule has 1 fully saturated rings. The number of halogens is 2. The molecule has 2 aromatic carbocycles. The van der Waals surface area contributed by atoms with Gasteiger partial charge in [-0.25, -0.2) is 14.4 Å². The van der Waals surface area contributed by atoms with Gasteiger partial charge in [0.1, 0.15) is 17.1 Å². The summed E-state index contributed by atoms with van der Waals surface area (Å²) in [6.45, 7) is 1.33. The lowest BCUT2D eigenvalue weighted by Crippen LogP contribution is -2.47. The third-order valence-electron chi connectivity index (χ3n) is 5.19. The lowest BCUT2D eigenvalue weighted by molar-refractivity contribution is -0.149. The van der Waals surface area contributed by atoms with E-state index in [-0.39, 0.29) is 24.2 Å². The molecule has 0 unspecified atom stereocenters. The number of carbonyl (C=O) groups is 1. The van der Waals surface area contributed by atoms with E-state index in [2.05, 4.69) is 5.32 Å². The minimum atomic E-state index is -0.927. The number of benzene rings is 2. The molecule has 1 aliphatic rings. The van der Waals surface area contributed by atoms with Crippen molar-refractivity contribution in [3.8, 4) is 11.3 Å². The minimum Gasteiger partial charge on any atom is -0.468 e. The fraction of sp³-hybridized carbons (Fsp3) is 0.286. The number of nitrogens with one attached hydrogen (secondary N) is 1. The fourth-order valence-corrected chi connectivity index (χ4v) is 3.72. The van der Waals surface area contributed by atoms with Crippen molar-refractivity contribution in [2.45, 2.75) is 18.3 Å². The van der Waals surface area contributed by atoms with E-state index in [1.807, 2.05) is 24.3 Å². The molecule has 5 nitrogen and oxygen atoms in total. The second kappa shape index (κ2) is 8.20. The third-order valence-corrected chi connectivity index (χ3v) is 5.19. The highest BCUT2D eigenvalue weighted by Crippen LogP contribution is 2.36. The first-order valence-corrected chi connectivity index (χ1v) is 8.97. The molecule has 146 valence electrons. The lowest BCUT2D eigenvalue weighted by atomic mass is 9.77. The van der Waals surface area contributed by atoms with Crippen LogP contribution >= 0.6 is 12.4 Å². The lowest BCUT2D eigenvalue weighted by Gasteiger charge is -2.33. The predicted octanol–water partition coefficient (Wildman–Crippen LogP) is 3.65. The molecule has 1 N–H and O–H groups in total. The van der Waals surface area contributed by atoms with Gasteiger partial charge >= 0.3 is 5.97 Å². The van der Waals surface area contributed by atoms with Gasteiger partial charge in [0, 0.05) is 10.9 Å². The largest absolute Gasteiger partial charge is 0.468 e. The summed E-state index contributed by atoms with van der Waals surface area (Å²) in [7, 11) is 1.38. The number of para-hydroxylation sites is 1. The number of aromatic nitrogens is 2. The second-order valence-corrected chi connectivity index (χ2v) is 6.72. The van der Waals surface area contributed by atoms with Crippen LogP contribution in [0, 0.1) is 5.82 Å². The predicted molar refractivity (Wildman–Crippen MR) is 108 cm³/mol. The molecule has 3 aromatic rings. The van der Waals surface area contributed by atoms with Crippen LogP contribution in [0.3, 0.4) is 0 Å². The molecule has 0 amide bonds. The van der Waals surface area contributed by atoms with E-state index in [0.29, 0.717) is 48.5 Å². The Hall–Kier alpha value is -2.57. The Morgan fingerprint density at radius 3 is 2.46 bits per heavy atom. The monoisotopic (exact) mass is 401 g/mol. The molecule has 0 aliphatic carbocycles. The van der Waals surface area contributed by atoms with Gasteiger partial charge in [0.25, 0.3) is 0 Å². The number of fused-ring (bicyclic) bond motifs is 1. The van der Waals surface area contributed by atoms with Crippen molar-refractivity contribution in [2.75, 3.05) is 20.2 Å². The van der Waals surface area contributed by atoms with E-state index < -0.39 is 5.41 Å². The molecule has 0 spiro atoms. The number of nitrogens with zero attached hydrogens (tertiary/aromatic N) is 2. The van der Waals surface area contributed by atoms with Crippen molar-refractivity contribution in [3.05, 3.63) is 60.2 Å². The van der Waals surface area contributed by atoms with E-state index in [9.17, 15) is 9.18 Å². The average molecular weight is 402 g/mol. The molecule has 2 heterocycles. The van der Waals surface area contributed by atoms with Crippen LogP contribution < -0.4 is 5.32 Å². The van der Waals surface area contributed by atoms with E-state index in [0.717, 1.165) is 5.39 Å². The van der Waals surface area contributed by atoms with E-state index in [4.69, 9.17) is 14.7 Å². The zero-order valence-corrected chi connectivity index (χ0v) is 16.3. The summed E-state index contributed by atoms with van der Waals surface area (Å²) in [5.74, 6) is -0.309. The topological polar surface area (TPSA) is 64.1 Å². The summed E-state index contributed by atoms with van der Waals surface area (Å²) in [5, 5.41) is 4.01. The van der Waals surface area contributed by atoms with Crippen LogP contribution in [0.1, 0.15) is 18.7 Å². The summed E-state index contributed by atoms with van der Waals surface area (Å²) in [5.41, 5.74) is 0.647. The molecule has 7 heteroatoms. The first-order valence-electron chi connectivity index (χ1n) is 8.97. The van der Waals surface area contributed by atoms with Crippen molar-refractivity contribution in [1.29, 1.82) is 0 Å². The van der Waals surface area contributed by atoms with Crippen molar-refractivity contribution >= 4 is 29.3 Å². The van der Waals surface area contributed by atoms with E-state index in [1.165, 1.54) is 13.2 Å². The average Bonchev–Trinajstić information content (AvgIpc) is 2.73. The molecule has 28 heavy (non-hydrogen) atoms. The number of carbonyl (C=O) groups excluding carboxylic acids is 1. The number of hydrogen-bond donors (Lipinski definition) is 1. The molecule has 0 saturated carbocycles. The highest BCUT2D eigenvalue weighted by atomic mass is 35.5. The summed E-state index contributed by atoms with van der Waals surface area (Å²) >= 11 is 0. The van der Waals surface area contributed by atoms with Gasteiger partial charge in [0.15, 0.2) is 0 Å². The van der Waals surface area contributed by atoms with Crippen molar-refractivity contribution in [1.82, 2.24) is 15.3 Å². The number of hydrogen-bond acceptors (Lipinski definition) is 5. The molecular formula is C21H21ClFN3O2. The quantitative estimate of drug-likeness (QED) is 0.679. The van der Waals surface area contributed by atoms with Crippen LogP contribution in [0.2, 0.25) is 0 Å². The number of esters is 1. The molecule has 1 saturated heterocycles. The fourth-order valence-electron chi connectivity index (χ4n) is 3.72. The molecule has 4 rings (SSSR count). The van der Waals surface area contributed by atoms with E-state index >= 15 is 0 Å². The maximum atomic E-state index is 14.5. The van der Waals surface area contributed by atoms with Gasteiger partial charge in [0.2, 0.25) is 0 Å². The van der Waals surface area contributed by atoms with Crippen molar-refractivity contribution < 1.29 is 13.9 Å². The van der Waals surface area contributed by atoms with Crippen LogP contribution in [0.15, 0.2) is 48.5 Å². The summed E-state index contributed by atoms with van der Waals surface area (Å²) < 4.78 is 19.6. The summed E-state index contributed by atoms with van der Waals surface area (Å²) in [6, 6.07) is 14.0. The minimum absolute atomic E-state index is 0. The Balaban J connectivity index is 0.00000225. The maximum Gasteiger partial charge on any atom is 0.319 e. The van der Waals surface area contributed by atoms with Crippen molar-refractivity contribution in [2.24, 2.45) is 0 Å². The third kappa shape index (κ3) is 3.34. The second-order valence-electron chi connectivity index (χ2n) is 6.72. The van der Waals surface area contributed by atoms with Crippen molar-refractivity contribution in [3.63, 3.8) is 0 Å². The van der Waals surface area contributed by atoms with Crippen LogP contribution in [0.25, 0.3) is 22.2 Å². The van der Waals surface area contributed by atoms with Crippen LogP contribution in [-0.4, -0.2) is 36.1 Å². The molecule has 0 radical (unpaired) electrons. The molecule has 1 aromatic heterocycles. The molecule has 1 aliphatic heterocycles. The maximum absolute atomic E-state index is 14.5. The number of rotatable bonds is 3. The summed E-state index contributed by atoms with van der Waals surface area (Å²) in [4.78, 5) is 22.1. The normalized spacial score (nSPS) is 15.6. The highest BCUT2D eigenvalue weighted by Gasteiger charge is 2.45. The Morgan fingerprint density at radius 2 is 1.75 bits per heavy atom.